The van der Waals surface area contributed by atoms with Gasteiger partial charge in [0.25, 0.3) is 0 Å². The Morgan fingerprint density at radius 1 is 1.21 bits per heavy atom. The fourth-order valence-electron chi connectivity index (χ4n) is 4.98. The second-order valence-electron chi connectivity index (χ2n) is 9.06. The first-order valence-electron chi connectivity index (χ1n) is 11.5. The number of fused-ring (bicyclic) bond motifs is 1. The topological polar surface area (TPSA) is 75.1 Å². The molecule has 4 rings (SSSR count). The van der Waals surface area contributed by atoms with Crippen molar-refractivity contribution in [3.63, 3.8) is 0 Å². The van der Waals surface area contributed by atoms with Crippen molar-refractivity contribution in [2.45, 2.75) is 45.7 Å². The fourth-order valence-corrected chi connectivity index (χ4v) is 4.98. The number of likely N-dealkylation sites (tertiary alicyclic amines) is 1. The molecule has 0 bridgehead atoms. The SMILES string of the molecule is Cc1cc2cc(/C(C=N)=C/N)ccc2n1CC1CC(C)N(C(=O)CCc2ccc(F)cc2)C1. The Kier molecular flexibility index (Phi) is 6.63. The molecule has 0 aliphatic carbocycles. The number of allylic oxidation sites excluding steroid dienone is 1. The largest absolute Gasteiger partial charge is 0.404 e. The quantitative estimate of drug-likeness (QED) is 0.506. The molecule has 3 aromatic rings. The number of nitrogens with two attached hydrogens (primary N) is 1. The Morgan fingerprint density at radius 3 is 2.67 bits per heavy atom. The van der Waals surface area contributed by atoms with Gasteiger partial charge in [0.2, 0.25) is 5.91 Å². The van der Waals surface area contributed by atoms with Crippen LogP contribution in [0.4, 0.5) is 4.39 Å². The summed E-state index contributed by atoms with van der Waals surface area (Å²) in [4.78, 5) is 14.9. The highest BCUT2D eigenvalue weighted by Crippen LogP contribution is 2.29. The number of carbonyl (C=O) groups excluding carboxylic acids is 1. The molecule has 2 atom stereocenters. The van der Waals surface area contributed by atoms with Gasteiger partial charge in [-0.25, -0.2) is 4.39 Å². The lowest BCUT2D eigenvalue weighted by Gasteiger charge is -2.21. The standard InChI is InChI=1S/C27H31FN4O/c1-18-11-21(17-32(18)27(33)10-5-20-3-7-25(28)8-4-20)16-31-19(2)12-23-13-22(6-9-26(23)31)24(14-29)15-30/h3-4,6-9,12-15,18,21,29H,5,10-11,16-17,30H2,1-2H3/b24-15+,29-14?. The maximum atomic E-state index is 13.1. The number of hydrogen-bond donors (Lipinski definition) is 2. The van der Waals surface area contributed by atoms with E-state index in [1.807, 2.05) is 11.0 Å². The van der Waals surface area contributed by atoms with E-state index in [0.717, 1.165) is 41.5 Å². The molecule has 1 aliphatic rings. The predicted molar refractivity (Wildman–Crippen MR) is 132 cm³/mol. The van der Waals surface area contributed by atoms with Crippen LogP contribution in [0.25, 0.3) is 16.5 Å². The number of aromatic nitrogens is 1. The van der Waals surface area contributed by atoms with Gasteiger partial charge >= 0.3 is 0 Å². The molecule has 1 amide bonds. The second kappa shape index (κ2) is 9.61. The van der Waals surface area contributed by atoms with Crippen LogP contribution >= 0.6 is 0 Å². The molecule has 1 fully saturated rings. The average molecular weight is 447 g/mol. The van der Waals surface area contributed by atoms with E-state index in [2.05, 4.69) is 36.6 Å². The molecule has 172 valence electrons. The second-order valence-corrected chi connectivity index (χ2v) is 9.06. The van der Waals surface area contributed by atoms with Crippen LogP contribution < -0.4 is 5.73 Å². The lowest BCUT2D eigenvalue weighted by Crippen LogP contribution is -2.34. The molecule has 1 aromatic heterocycles. The minimum atomic E-state index is -0.254. The van der Waals surface area contributed by atoms with Crippen molar-refractivity contribution < 1.29 is 9.18 Å². The fraction of sp³-hybridized carbons (Fsp3) is 0.333. The van der Waals surface area contributed by atoms with Crippen molar-refractivity contribution in [3.05, 3.63) is 77.4 Å². The van der Waals surface area contributed by atoms with Gasteiger partial charge in [-0.15, -0.1) is 0 Å². The third-order valence-electron chi connectivity index (χ3n) is 6.74. The van der Waals surface area contributed by atoms with E-state index in [0.29, 0.717) is 24.3 Å². The zero-order valence-corrected chi connectivity index (χ0v) is 19.2. The molecular weight excluding hydrogens is 415 g/mol. The van der Waals surface area contributed by atoms with E-state index in [9.17, 15) is 9.18 Å². The van der Waals surface area contributed by atoms with Gasteiger partial charge in [-0.05, 0) is 74.1 Å². The number of hydrogen-bond acceptors (Lipinski definition) is 3. The van der Waals surface area contributed by atoms with E-state index in [1.54, 1.807) is 12.1 Å². The number of carbonyl (C=O) groups is 1. The number of benzene rings is 2. The summed E-state index contributed by atoms with van der Waals surface area (Å²) in [6.45, 7) is 5.86. The molecule has 2 aromatic carbocycles. The molecule has 0 saturated carbocycles. The maximum Gasteiger partial charge on any atom is 0.223 e. The lowest BCUT2D eigenvalue weighted by molar-refractivity contribution is -0.131. The summed E-state index contributed by atoms with van der Waals surface area (Å²) in [5, 5.41) is 8.67. The van der Waals surface area contributed by atoms with E-state index in [-0.39, 0.29) is 17.8 Å². The molecule has 6 heteroatoms. The van der Waals surface area contributed by atoms with Crippen molar-refractivity contribution in [1.82, 2.24) is 9.47 Å². The third kappa shape index (κ3) is 4.85. The number of nitrogens with one attached hydrogen (secondary N) is 1. The normalized spacial score (nSPS) is 18.8. The molecule has 1 aliphatic heterocycles. The summed E-state index contributed by atoms with van der Waals surface area (Å²) in [6.07, 6.45) is 4.78. The van der Waals surface area contributed by atoms with Crippen LogP contribution in [-0.2, 0) is 17.8 Å². The summed E-state index contributed by atoms with van der Waals surface area (Å²) < 4.78 is 15.4. The zero-order chi connectivity index (χ0) is 23.5. The Labute approximate surface area is 194 Å². The van der Waals surface area contributed by atoms with Crippen molar-refractivity contribution in [3.8, 4) is 0 Å². The highest BCUT2D eigenvalue weighted by molar-refractivity contribution is 6.09. The Balaban J connectivity index is 1.43. The molecule has 2 unspecified atom stereocenters. The van der Waals surface area contributed by atoms with Gasteiger partial charge in [0.05, 0.1) is 0 Å². The lowest BCUT2D eigenvalue weighted by atomic mass is 10.1. The molecule has 5 nitrogen and oxygen atoms in total. The van der Waals surface area contributed by atoms with Crippen molar-refractivity contribution >= 4 is 28.6 Å². The van der Waals surface area contributed by atoms with Gasteiger partial charge in [0.15, 0.2) is 0 Å². The Hall–Kier alpha value is -3.41. The van der Waals surface area contributed by atoms with Crippen molar-refractivity contribution in [2.75, 3.05) is 6.54 Å². The van der Waals surface area contributed by atoms with Crippen LogP contribution in [-0.4, -0.2) is 34.2 Å². The summed E-state index contributed by atoms with van der Waals surface area (Å²) >= 11 is 0. The number of amides is 1. The molecule has 2 heterocycles. The summed E-state index contributed by atoms with van der Waals surface area (Å²) in [5.74, 6) is 0.307. The summed E-state index contributed by atoms with van der Waals surface area (Å²) in [5.41, 5.74) is 10.6. The first-order valence-corrected chi connectivity index (χ1v) is 11.5. The number of rotatable bonds is 7. The van der Waals surface area contributed by atoms with Crippen LogP contribution in [0.2, 0.25) is 0 Å². The number of halogens is 1. The molecule has 3 N–H and O–H groups in total. The molecule has 0 spiro atoms. The number of nitrogens with zero attached hydrogens (tertiary/aromatic N) is 2. The van der Waals surface area contributed by atoms with Crippen LogP contribution in [0.3, 0.4) is 0 Å². The Bertz CT molecular complexity index is 1190. The van der Waals surface area contributed by atoms with Gasteiger partial charge < -0.3 is 20.6 Å². The molecular formula is C27H31FN4O. The van der Waals surface area contributed by atoms with Gasteiger partial charge in [-0.2, -0.15) is 0 Å². The van der Waals surface area contributed by atoms with Crippen molar-refractivity contribution in [2.24, 2.45) is 11.7 Å². The average Bonchev–Trinajstić information content (AvgIpc) is 3.33. The van der Waals surface area contributed by atoms with Crippen molar-refractivity contribution in [1.29, 1.82) is 5.41 Å². The maximum absolute atomic E-state index is 13.1. The summed E-state index contributed by atoms with van der Waals surface area (Å²) in [6, 6.07) is 14.9. The van der Waals surface area contributed by atoms with Crippen LogP contribution in [0.5, 0.6) is 0 Å². The zero-order valence-electron chi connectivity index (χ0n) is 19.2. The monoisotopic (exact) mass is 446 g/mol. The highest BCUT2D eigenvalue weighted by atomic mass is 19.1. The van der Waals surface area contributed by atoms with Crippen LogP contribution in [0.15, 0.2) is 54.7 Å². The first-order chi connectivity index (χ1) is 15.9. The molecule has 0 radical (unpaired) electrons. The predicted octanol–water partition coefficient (Wildman–Crippen LogP) is 4.91. The first kappa shape index (κ1) is 22.8. The third-order valence-corrected chi connectivity index (χ3v) is 6.74. The van der Waals surface area contributed by atoms with Gasteiger partial charge in [0, 0.05) is 60.1 Å². The highest BCUT2D eigenvalue weighted by Gasteiger charge is 2.32. The molecule has 1 saturated heterocycles. The van der Waals surface area contributed by atoms with E-state index >= 15 is 0 Å². The van der Waals surface area contributed by atoms with Gasteiger partial charge in [0.1, 0.15) is 5.82 Å². The number of aryl methyl sites for hydroxylation is 2. The van der Waals surface area contributed by atoms with E-state index in [1.165, 1.54) is 30.2 Å². The smallest absolute Gasteiger partial charge is 0.223 e. The minimum Gasteiger partial charge on any atom is -0.404 e. The molecule has 33 heavy (non-hydrogen) atoms. The van der Waals surface area contributed by atoms with E-state index < -0.39 is 0 Å². The van der Waals surface area contributed by atoms with E-state index in [4.69, 9.17) is 11.1 Å². The van der Waals surface area contributed by atoms with Crippen LogP contribution in [0.1, 0.15) is 36.6 Å². The minimum absolute atomic E-state index is 0.167. The summed E-state index contributed by atoms with van der Waals surface area (Å²) in [7, 11) is 0. The van der Waals surface area contributed by atoms with Gasteiger partial charge in [-0.1, -0.05) is 18.2 Å². The van der Waals surface area contributed by atoms with Gasteiger partial charge in [-0.3, -0.25) is 4.79 Å². The van der Waals surface area contributed by atoms with Crippen LogP contribution in [0, 0.1) is 24.1 Å². The Morgan fingerprint density at radius 2 is 1.97 bits per heavy atom.